The topological polar surface area (TPSA) is 67.8 Å². The molecule has 0 radical (unpaired) electrons. The molecule has 0 spiro atoms. The Morgan fingerprint density at radius 1 is 1.53 bits per heavy atom. The number of hydrogen-bond acceptors (Lipinski definition) is 3. The summed E-state index contributed by atoms with van der Waals surface area (Å²) in [5, 5.41) is 3.52. The molecule has 19 heavy (non-hydrogen) atoms. The van der Waals surface area contributed by atoms with Crippen LogP contribution in [0.25, 0.3) is 10.8 Å². The van der Waals surface area contributed by atoms with Crippen molar-refractivity contribution in [3.05, 3.63) is 33.0 Å². The fourth-order valence-electron chi connectivity index (χ4n) is 1.84. The normalized spacial score (nSPS) is 13.4. The van der Waals surface area contributed by atoms with E-state index in [2.05, 4.69) is 27.9 Å². The van der Waals surface area contributed by atoms with E-state index in [9.17, 15) is 9.59 Å². The lowest BCUT2D eigenvalue weighted by Gasteiger charge is -2.12. The van der Waals surface area contributed by atoms with Crippen LogP contribution < -0.4 is 16.6 Å². The van der Waals surface area contributed by atoms with Gasteiger partial charge < -0.3 is 0 Å². The molecule has 0 saturated heterocycles. The van der Waals surface area contributed by atoms with E-state index in [0.717, 1.165) is 11.9 Å². The molecular weight excluding hydrogens is 318 g/mol. The molecule has 2 rings (SSSR count). The summed E-state index contributed by atoms with van der Waals surface area (Å²) in [6.07, 6.45) is 2.39. The summed E-state index contributed by atoms with van der Waals surface area (Å²) < 4.78 is 1.38. The predicted octanol–water partition coefficient (Wildman–Crippen LogP) is 1.78. The van der Waals surface area contributed by atoms with Crippen molar-refractivity contribution in [3.8, 4) is 0 Å². The van der Waals surface area contributed by atoms with Gasteiger partial charge in [0.2, 0.25) is 0 Å². The van der Waals surface area contributed by atoms with Gasteiger partial charge in [-0.15, -0.1) is 17.9 Å². The lowest BCUT2D eigenvalue weighted by atomic mass is 10.2. The van der Waals surface area contributed by atoms with Crippen LogP contribution in [-0.2, 0) is 6.54 Å². The van der Waals surface area contributed by atoms with E-state index in [1.165, 1.54) is 4.68 Å². The van der Waals surface area contributed by atoms with Crippen molar-refractivity contribution in [1.29, 1.82) is 0 Å². The number of hydrogen-bond donors (Lipinski definition) is 1. The zero-order valence-corrected chi connectivity index (χ0v) is 14.6. The van der Waals surface area contributed by atoms with E-state index >= 15 is 0 Å². The summed E-state index contributed by atoms with van der Waals surface area (Å²) in [6.45, 7) is 2.47. The molecule has 5 nitrogen and oxygen atoms in total. The fourth-order valence-corrected chi connectivity index (χ4v) is 5.18. The Morgan fingerprint density at radius 2 is 2.26 bits per heavy atom. The van der Waals surface area contributed by atoms with Crippen LogP contribution in [-0.4, -0.2) is 14.8 Å². The Hall–Kier alpha value is -0.190. The van der Waals surface area contributed by atoms with Crippen LogP contribution in [0.5, 0.6) is 0 Å². The molecule has 0 aliphatic carbocycles. The van der Waals surface area contributed by atoms with Gasteiger partial charge in [-0.3, -0.25) is 19.7 Å². The van der Waals surface area contributed by atoms with Crippen LogP contribution in [0.4, 0.5) is 0 Å². The molecule has 0 aromatic carbocycles. The van der Waals surface area contributed by atoms with Gasteiger partial charge >= 0.3 is 0 Å². The predicted molar refractivity (Wildman–Crippen MR) is 91.2 cm³/mol. The first kappa shape index (κ1) is 15.2. The van der Waals surface area contributed by atoms with E-state index in [-0.39, 0.29) is 11.1 Å². The van der Waals surface area contributed by atoms with Crippen LogP contribution in [0.3, 0.4) is 0 Å². The van der Waals surface area contributed by atoms with E-state index in [1.54, 1.807) is 12.3 Å². The van der Waals surface area contributed by atoms with Crippen LogP contribution in [0.15, 0.2) is 21.9 Å². The monoisotopic (exact) mass is 333 g/mol. The second kappa shape index (κ2) is 6.51. The summed E-state index contributed by atoms with van der Waals surface area (Å²) in [6, 6.07) is 1.61. The summed E-state index contributed by atoms with van der Waals surface area (Å²) in [4.78, 5) is 28.8. The van der Waals surface area contributed by atoms with Gasteiger partial charge in [0.15, 0.2) is 0 Å². The highest BCUT2D eigenvalue weighted by atomic mass is 32.6. The summed E-state index contributed by atoms with van der Waals surface area (Å²) in [5.74, 6) is 0. The third-order valence-electron chi connectivity index (χ3n) is 2.69. The lowest BCUT2D eigenvalue weighted by Crippen LogP contribution is -2.32. The average Bonchev–Trinajstić information content (AvgIpc) is 2.43. The van der Waals surface area contributed by atoms with Crippen molar-refractivity contribution >= 4 is 49.3 Å². The van der Waals surface area contributed by atoms with Gasteiger partial charge in [-0.05, 0) is 19.8 Å². The van der Waals surface area contributed by atoms with Gasteiger partial charge in [0.25, 0.3) is 11.1 Å². The number of nitrogens with one attached hydrogen (secondary N) is 1. The maximum Gasteiger partial charge on any atom is 0.275 e. The highest BCUT2D eigenvalue weighted by molar-refractivity contribution is 8.63. The second-order valence-corrected chi connectivity index (χ2v) is 13.0. The summed E-state index contributed by atoms with van der Waals surface area (Å²) in [5.41, 5.74) is 0.358. The van der Waals surface area contributed by atoms with Crippen molar-refractivity contribution in [1.82, 2.24) is 14.8 Å². The quantitative estimate of drug-likeness (QED) is 0.868. The highest BCUT2D eigenvalue weighted by Gasteiger charge is 2.16. The molecule has 0 bridgehead atoms. The Bertz CT molecular complexity index is 712. The number of rotatable bonds is 4. The molecule has 2 aromatic rings. The number of aromatic nitrogens is 3. The fraction of sp³-hybridized carbons (Fsp3) is 0.300. The number of aromatic amines is 1. The van der Waals surface area contributed by atoms with Gasteiger partial charge in [-0.25, -0.2) is 4.68 Å². The number of aryl methyl sites for hydroxylation is 1. The molecule has 4 unspecified atom stereocenters. The van der Waals surface area contributed by atoms with E-state index in [0.29, 0.717) is 25.3 Å². The van der Waals surface area contributed by atoms with Crippen LogP contribution in [0, 0.1) is 0 Å². The number of fused-ring (bicyclic) bond motifs is 1. The Morgan fingerprint density at radius 3 is 2.89 bits per heavy atom. The zero-order valence-electron chi connectivity index (χ0n) is 10.4. The maximum absolute atomic E-state index is 12.5. The van der Waals surface area contributed by atoms with Crippen LogP contribution >= 0.6 is 33.1 Å². The van der Waals surface area contributed by atoms with Gasteiger partial charge in [0.05, 0.1) is 16.2 Å². The molecule has 0 aliphatic heterocycles. The SMILES string of the molecule is CCCn1[nH]c(=O)c2ccnc(P(P)PP)c2c1=O. The zero-order chi connectivity index (χ0) is 14.0. The first-order valence-corrected chi connectivity index (χ1v) is 12.3. The molecule has 0 saturated carbocycles. The summed E-state index contributed by atoms with van der Waals surface area (Å²) in [7, 11) is 5.41. The molecule has 0 fully saturated rings. The first-order valence-electron chi connectivity index (χ1n) is 5.73. The van der Waals surface area contributed by atoms with Crippen molar-refractivity contribution in [2.45, 2.75) is 19.9 Å². The Kier molecular flexibility index (Phi) is 5.21. The molecule has 9 heteroatoms. The van der Waals surface area contributed by atoms with Crippen LogP contribution in [0.1, 0.15) is 13.3 Å². The minimum atomic E-state index is -0.593. The standard InChI is InChI=1S/C10H15N3O2P4/c1-2-5-13-10(15)7-6(8(14)12-13)3-4-11-9(7)19(17)18-16/h3-4,18H,2,5,16-17H2,1H3,(H,12,14). The highest BCUT2D eigenvalue weighted by Crippen LogP contribution is 2.64. The van der Waals surface area contributed by atoms with Gasteiger partial charge in [-0.1, -0.05) is 14.9 Å². The molecule has 102 valence electrons. The Labute approximate surface area is 117 Å². The molecule has 1 N–H and O–H groups in total. The lowest BCUT2D eigenvalue weighted by molar-refractivity contribution is 0.567. The number of pyridine rings is 1. The van der Waals surface area contributed by atoms with Crippen molar-refractivity contribution in [3.63, 3.8) is 0 Å². The minimum absolute atomic E-state index is 0.155. The van der Waals surface area contributed by atoms with Crippen molar-refractivity contribution in [2.24, 2.45) is 0 Å². The number of nitrogens with zero attached hydrogens (tertiary/aromatic N) is 2. The van der Waals surface area contributed by atoms with Gasteiger partial charge in [0.1, 0.15) is 0 Å². The molecular formula is C10H15N3O2P4. The van der Waals surface area contributed by atoms with E-state index < -0.39 is 7.30 Å². The summed E-state index contributed by atoms with van der Waals surface area (Å²) >= 11 is 0. The molecule has 0 amide bonds. The van der Waals surface area contributed by atoms with Crippen LogP contribution in [0.2, 0.25) is 0 Å². The van der Waals surface area contributed by atoms with Gasteiger partial charge in [-0.2, -0.15) is 0 Å². The Balaban J connectivity index is 2.86. The average molecular weight is 333 g/mol. The van der Waals surface area contributed by atoms with E-state index in [1.807, 2.05) is 6.92 Å². The van der Waals surface area contributed by atoms with Gasteiger partial charge in [0, 0.05) is 12.7 Å². The maximum atomic E-state index is 12.5. The third-order valence-corrected chi connectivity index (χ3v) is 12.5. The molecule has 0 aliphatic rings. The minimum Gasteiger partial charge on any atom is -0.267 e. The molecule has 2 aromatic heterocycles. The van der Waals surface area contributed by atoms with Crippen molar-refractivity contribution < 1.29 is 0 Å². The second-order valence-electron chi connectivity index (χ2n) is 3.95. The third kappa shape index (κ3) is 2.96. The molecule has 2 heterocycles. The smallest absolute Gasteiger partial charge is 0.267 e. The molecule has 4 atom stereocenters. The number of H-pyrrole nitrogens is 1. The van der Waals surface area contributed by atoms with E-state index in [4.69, 9.17) is 0 Å². The first-order chi connectivity index (χ1) is 9.10. The largest absolute Gasteiger partial charge is 0.275 e. The van der Waals surface area contributed by atoms with Crippen molar-refractivity contribution in [2.75, 3.05) is 0 Å².